The summed E-state index contributed by atoms with van der Waals surface area (Å²) in [5, 5.41) is 0.816. The third-order valence-electron chi connectivity index (χ3n) is 3.91. The van der Waals surface area contributed by atoms with Gasteiger partial charge in [-0.25, -0.2) is 4.98 Å². The molecule has 7 heteroatoms. The smallest absolute Gasteiger partial charge is 0.259 e. The van der Waals surface area contributed by atoms with Crippen LogP contribution in [0.1, 0.15) is 29.6 Å². The molecule has 2 aromatic rings. The molecule has 0 fully saturated rings. The van der Waals surface area contributed by atoms with Gasteiger partial charge in [-0.15, -0.1) is 11.3 Å². The van der Waals surface area contributed by atoms with Gasteiger partial charge in [-0.1, -0.05) is 30.9 Å². The first-order valence-corrected chi connectivity index (χ1v) is 9.54. The fourth-order valence-corrected chi connectivity index (χ4v) is 4.96. The van der Waals surface area contributed by atoms with Crippen molar-refractivity contribution in [3.8, 4) is 0 Å². The van der Waals surface area contributed by atoms with E-state index in [4.69, 9.17) is 12.2 Å². The van der Waals surface area contributed by atoms with Crippen molar-refractivity contribution in [2.24, 2.45) is 5.92 Å². The molecule has 0 saturated carbocycles. The summed E-state index contributed by atoms with van der Waals surface area (Å²) in [5.74, 6) is 2.01. The molecule has 0 aromatic carbocycles. The second-order valence-electron chi connectivity index (χ2n) is 5.99. The van der Waals surface area contributed by atoms with E-state index < -0.39 is 0 Å². The summed E-state index contributed by atoms with van der Waals surface area (Å²) < 4.78 is 0.794. The quantitative estimate of drug-likeness (QED) is 0.840. The Bertz CT molecular complexity index is 778. The molecule has 1 atom stereocenters. The molecule has 22 heavy (non-hydrogen) atoms. The number of rotatable bonds is 2. The minimum Gasteiger partial charge on any atom is -0.364 e. The molecule has 2 aromatic heterocycles. The molecule has 0 radical (unpaired) electrons. The first kappa shape index (κ1) is 16.0. The second-order valence-corrected chi connectivity index (χ2v) is 8.69. The number of thiocarbonyl (C=S) groups is 1. The van der Waals surface area contributed by atoms with E-state index in [1.54, 1.807) is 11.3 Å². The van der Waals surface area contributed by atoms with Gasteiger partial charge in [0.05, 0.1) is 11.1 Å². The average molecular weight is 354 g/mol. The summed E-state index contributed by atoms with van der Waals surface area (Å²) in [6.45, 7) is 2.27. The highest BCUT2D eigenvalue weighted by atomic mass is 32.2. The van der Waals surface area contributed by atoms with Crippen LogP contribution in [0.25, 0.3) is 10.2 Å². The molecule has 0 saturated heterocycles. The molecule has 3 rings (SSSR count). The minimum absolute atomic E-state index is 0.00317. The maximum atomic E-state index is 12.5. The lowest BCUT2D eigenvalue weighted by Gasteiger charge is -2.17. The SMILES string of the molecule is C[C@@H]1CCc2c(sc3nc(CSC(=S)N(C)C)[nH]c(=O)c23)C1. The zero-order valence-corrected chi connectivity index (χ0v) is 15.4. The number of nitrogens with one attached hydrogen (secondary N) is 1. The molecular formula is C15H19N3OS3. The van der Waals surface area contributed by atoms with Gasteiger partial charge >= 0.3 is 0 Å². The molecule has 2 heterocycles. The van der Waals surface area contributed by atoms with Crippen molar-refractivity contribution in [2.75, 3.05) is 14.1 Å². The Morgan fingerprint density at radius 2 is 2.32 bits per heavy atom. The average Bonchev–Trinajstić information content (AvgIpc) is 2.82. The zero-order chi connectivity index (χ0) is 15.9. The van der Waals surface area contributed by atoms with Gasteiger partial charge in [0.1, 0.15) is 15.0 Å². The van der Waals surface area contributed by atoms with Crippen LogP contribution in [0, 0.1) is 5.92 Å². The molecule has 1 aliphatic carbocycles. The highest BCUT2D eigenvalue weighted by Crippen LogP contribution is 2.35. The molecular weight excluding hydrogens is 334 g/mol. The van der Waals surface area contributed by atoms with Gasteiger partial charge in [0.15, 0.2) is 0 Å². The molecule has 1 aliphatic rings. The zero-order valence-electron chi connectivity index (χ0n) is 12.9. The van der Waals surface area contributed by atoms with E-state index in [2.05, 4.69) is 16.9 Å². The van der Waals surface area contributed by atoms with Crippen LogP contribution >= 0.6 is 35.3 Å². The van der Waals surface area contributed by atoms with E-state index in [-0.39, 0.29) is 5.56 Å². The third-order valence-corrected chi connectivity index (χ3v) is 6.81. The third kappa shape index (κ3) is 3.07. The molecule has 118 valence electrons. The Morgan fingerprint density at radius 3 is 3.05 bits per heavy atom. The van der Waals surface area contributed by atoms with Crippen LogP contribution in [0.3, 0.4) is 0 Å². The lowest BCUT2D eigenvalue weighted by Crippen LogP contribution is -2.17. The van der Waals surface area contributed by atoms with Crippen molar-refractivity contribution in [2.45, 2.75) is 31.9 Å². The molecule has 1 N–H and O–H groups in total. The lowest BCUT2D eigenvalue weighted by atomic mass is 9.89. The van der Waals surface area contributed by atoms with Gasteiger partial charge in [-0.3, -0.25) is 4.79 Å². The van der Waals surface area contributed by atoms with Crippen LogP contribution in [-0.2, 0) is 18.6 Å². The standard InChI is InChI=1S/C15H19N3OS3/c1-8-4-5-9-10(6-8)22-14-12(9)13(19)16-11(17-14)7-21-15(20)18(2)3/h8H,4-7H2,1-3H3,(H,16,17,19)/t8-/m1/s1. The monoisotopic (exact) mass is 353 g/mol. The summed E-state index contributed by atoms with van der Waals surface area (Å²) in [7, 11) is 3.84. The molecule has 0 aliphatic heterocycles. The summed E-state index contributed by atoms with van der Waals surface area (Å²) >= 11 is 8.47. The number of aromatic nitrogens is 2. The number of hydrogen-bond acceptors (Lipinski definition) is 5. The predicted molar refractivity (Wildman–Crippen MR) is 99.0 cm³/mol. The number of thioether (sulfide) groups is 1. The van der Waals surface area contributed by atoms with E-state index in [0.717, 1.165) is 33.8 Å². The Kier molecular flexibility index (Phi) is 4.56. The summed E-state index contributed by atoms with van der Waals surface area (Å²) in [6, 6.07) is 0. The van der Waals surface area contributed by atoms with Gasteiger partial charge in [0, 0.05) is 19.0 Å². The fraction of sp³-hybridized carbons (Fsp3) is 0.533. The molecule has 4 nitrogen and oxygen atoms in total. The van der Waals surface area contributed by atoms with Crippen LogP contribution < -0.4 is 5.56 Å². The van der Waals surface area contributed by atoms with Crippen LogP contribution in [-0.4, -0.2) is 33.3 Å². The first-order valence-electron chi connectivity index (χ1n) is 7.33. The molecule has 0 spiro atoms. The maximum absolute atomic E-state index is 12.5. The Labute approximate surface area is 143 Å². The summed E-state index contributed by atoms with van der Waals surface area (Å²) in [5.41, 5.74) is 1.23. The predicted octanol–water partition coefficient (Wildman–Crippen LogP) is 3.19. The number of fused-ring (bicyclic) bond motifs is 3. The van der Waals surface area contributed by atoms with E-state index in [0.29, 0.717) is 17.5 Å². The van der Waals surface area contributed by atoms with Crippen molar-refractivity contribution in [1.82, 2.24) is 14.9 Å². The Hall–Kier alpha value is -0.920. The van der Waals surface area contributed by atoms with Crippen molar-refractivity contribution in [3.05, 3.63) is 26.6 Å². The van der Waals surface area contributed by atoms with Crippen molar-refractivity contribution < 1.29 is 0 Å². The van der Waals surface area contributed by atoms with Crippen LogP contribution in [0.15, 0.2) is 4.79 Å². The highest BCUT2D eigenvalue weighted by Gasteiger charge is 2.23. The van der Waals surface area contributed by atoms with E-state index in [1.165, 1.54) is 22.2 Å². The normalized spacial score (nSPS) is 17.5. The lowest BCUT2D eigenvalue weighted by molar-refractivity contribution is 0.509. The van der Waals surface area contributed by atoms with Crippen LogP contribution in [0.5, 0.6) is 0 Å². The van der Waals surface area contributed by atoms with Gasteiger partial charge in [-0.2, -0.15) is 0 Å². The van der Waals surface area contributed by atoms with Gasteiger partial charge in [-0.05, 0) is 30.7 Å². The largest absolute Gasteiger partial charge is 0.364 e. The van der Waals surface area contributed by atoms with Crippen LogP contribution in [0.4, 0.5) is 0 Å². The molecule has 0 unspecified atom stereocenters. The topological polar surface area (TPSA) is 49.0 Å². The number of H-pyrrole nitrogens is 1. The van der Waals surface area contributed by atoms with E-state index in [1.807, 2.05) is 19.0 Å². The van der Waals surface area contributed by atoms with Gasteiger partial charge in [0.25, 0.3) is 5.56 Å². The Morgan fingerprint density at radius 1 is 1.55 bits per heavy atom. The maximum Gasteiger partial charge on any atom is 0.259 e. The molecule has 0 amide bonds. The summed E-state index contributed by atoms with van der Waals surface area (Å²) in [4.78, 5) is 24.2. The van der Waals surface area contributed by atoms with E-state index in [9.17, 15) is 4.79 Å². The second kappa shape index (κ2) is 6.29. The number of aromatic amines is 1. The van der Waals surface area contributed by atoms with Crippen molar-refractivity contribution in [3.63, 3.8) is 0 Å². The number of hydrogen-bond donors (Lipinski definition) is 1. The number of aryl methyl sites for hydroxylation is 1. The van der Waals surface area contributed by atoms with Crippen molar-refractivity contribution in [1.29, 1.82) is 0 Å². The van der Waals surface area contributed by atoms with E-state index >= 15 is 0 Å². The van der Waals surface area contributed by atoms with Gasteiger partial charge < -0.3 is 9.88 Å². The number of thiophene rings is 1. The van der Waals surface area contributed by atoms with Crippen LogP contribution in [0.2, 0.25) is 0 Å². The van der Waals surface area contributed by atoms with Crippen molar-refractivity contribution >= 4 is 49.9 Å². The minimum atomic E-state index is 0.00317. The first-order chi connectivity index (χ1) is 10.5. The Balaban J connectivity index is 1.93. The fourth-order valence-electron chi connectivity index (χ4n) is 2.72. The molecule has 0 bridgehead atoms. The number of nitrogens with zero attached hydrogens (tertiary/aromatic N) is 2. The highest BCUT2D eigenvalue weighted by molar-refractivity contribution is 8.22. The summed E-state index contributed by atoms with van der Waals surface area (Å²) in [6.07, 6.45) is 3.23. The van der Waals surface area contributed by atoms with Gasteiger partial charge in [0.2, 0.25) is 0 Å².